The fourth-order valence-corrected chi connectivity index (χ4v) is 2.15. The number of ether oxygens (including phenoxy) is 1. The maximum Gasteiger partial charge on any atom is 0.335 e. The van der Waals surface area contributed by atoms with Crippen molar-refractivity contribution in [1.82, 2.24) is 4.90 Å². The van der Waals surface area contributed by atoms with E-state index in [2.05, 4.69) is 4.90 Å². The van der Waals surface area contributed by atoms with Gasteiger partial charge in [-0.1, -0.05) is 6.07 Å². The molecule has 1 fully saturated rings. The van der Waals surface area contributed by atoms with Crippen molar-refractivity contribution >= 4 is 5.97 Å². The minimum absolute atomic E-state index is 0.163. The maximum absolute atomic E-state index is 10.8. The third-order valence-corrected chi connectivity index (χ3v) is 3.31. The normalized spacial score (nSPS) is 17.3. The topological polar surface area (TPSA) is 70.0 Å². The van der Waals surface area contributed by atoms with Gasteiger partial charge in [-0.25, -0.2) is 4.79 Å². The summed E-state index contributed by atoms with van der Waals surface area (Å²) in [6.07, 6.45) is 1.47. The Morgan fingerprint density at radius 1 is 1.37 bits per heavy atom. The van der Waals surface area contributed by atoms with Crippen LogP contribution in [0.5, 0.6) is 5.75 Å². The molecule has 1 aliphatic heterocycles. The lowest BCUT2D eigenvalue weighted by atomic mass is 10.1. The van der Waals surface area contributed by atoms with Crippen LogP contribution in [0.4, 0.5) is 0 Å². The van der Waals surface area contributed by atoms with E-state index >= 15 is 0 Å². The standard InChI is InChI=1S/C14H19NO4/c16-12-4-6-15(7-5-12)8-9-19-13-3-1-2-11(10-13)14(17)18/h1-3,10,12,16H,4-9H2,(H,17,18). The Morgan fingerprint density at radius 3 is 2.79 bits per heavy atom. The molecule has 1 saturated heterocycles. The molecule has 19 heavy (non-hydrogen) atoms. The molecule has 2 rings (SSSR count). The zero-order chi connectivity index (χ0) is 13.7. The van der Waals surface area contributed by atoms with Crippen LogP contribution in [0.3, 0.4) is 0 Å². The van der Waals surface area contributed by atoms with Gasteiger partial charge < -0.3 is 14.9 Å². The number of rotatable bonds is 5. The molecule has 1 heterocycles. The number of benzene rings is 1. The van der Waals surface area contributed by atoms with Gasteiger partial charge in [-0.15, -0.1) is 0 Å². The molecule has 1 aliphatic rings. The molecule has 0 atom stereocenters. The van der Waals surface area contributed by atoms with Crippen LogP contribution in [0.25, 0.3) is 0 Å². The molecule has 0 aromatic heterocycles. The highest BCUT2D eigenvalue weighted by atomic mass is 16.5. The van der Waals surface area contributed by atoms with E-state index in [1.807, 2.05) is 0 Å². The fraction of sp³-hybridized carbons (Fsp3) is 0.500. The van der Waals surface area contributed by atoms with Crippen molar-refractivity contribution in [3.8, 4) is 5.75 Å². The van der Waals surface area contributed by atoms with E-state index in [0.29, 0.717) is 12.4 Å². The van der Waals surface area contributed by atoms with Crippen LogP contribution in [0.2, 0.25) is 0 Å². The summed E-state index contributed by atoms with van der Waals surface area (Å²) >= 11 is 0. The molecule has 0 unspecified atom stereocenters. The molecule has 1 aromatic carbocycles. The molecule has 0 spiro atoms. The second-order valence-corrected chi connectivity index (χ2v) is 4.75. The van der Waals surface area contributed by atoms with Crippen LogP contribution in [0.1, 0.15) is 23.2 Å². The van der Waals surface area contributed by atoms with E-state index in [0.717, 1.165) is 32.5 Å². The van der Waals surface area contributed by atoms with Crippen molar-refractivity contribution < 1.29 is 19.7 Å². The molecule has 0 saturated carbocycles. The minimum Gasteiger partial charge on any atom is -0.492 e. The first-order valence-electron chi connectivity index (χ1n) is 6.52. The number of aromatic carboxylic acids is 1. The predicted octanol–water partition coefficient (Wildman–Crippen LogP) is 1.22. The average Bonchev–Trinajstić information content (AvgIpc) is 2.41. The quantitative estimate of drug-likeness (QED) is 0.837. The Morgan fingerprint density at radius 2 is 2.11 bits per heavy atom. The number of hydrogen-bond acceptors (Lipinski definition) is 4. The number of carbonyl (C=O) groups is 1. The smallest absolute Gasteiger partial charge is 0.335 e. The summed E-state index contributed by atoms with van der Waals surface area (Å²) in [5.74, 6) is -0.368. The summed E-state index contributed by atoms with van der Waals surface area (Å²) in [7, 11) is 0. The Balaban J connectivity index is 1.76. The summed E-state index contributed by atoms with van der Waals surface area (Å²) in [4.78, 5) is 13.1. The van der Waals surface area contributed by atoms with E-state index < -0.39 is 5.97 Å². The number of aliphatic hydroxyl groups excluding tert-OH is 1. The third-order valence-electron chi connectivity index (χ3n) is 3.31. The maximum atomic E-state index is 10.8. The van der Waals surface area contributed by atoms with Crippen LogP contribution < -0.4 is 4.74 Å². The van der Waals surface area contributed by atoms with Gasteiger partial charge >= 0.3 is 5.97 Å². The highest BCUT2D eigenvalue weighted by Gasteiger charge is 2.16. The highest BCUT2D eigenvalue weighted by molar-refractivity contribution is 5.87. The molecule has 104 valence electrons. The minimum atomic E-state index is -0.949. The van der Waals surface area contributed by atoms with Crippen LogP contribution in [-0.2, 0) is 0 Å². The van der Waals surface area contributed by atoms with Gasteiger partial charge in [0.25, 0.3) is 0 Å². The van der Waals surface area contributed by atoms with Gasteiger partial charge in [0.2, 0.25) is 0 Å². The second kappa shape index (κ2) is 6.54. The van der Waals surface area contributed by atoms with Gasteiger partial charge in [0.1, 0.15) is 12.4 Å². The van der Waals surface area contributed by atoms with E-state index in [1.165, 1.54) is 6.07 Å². The van der Waals surface area contributed by atoms with Crippen LogP contribution in [0, 0.1) is 0 Å². The van der Waals surface area contributed by atoms with Crippen LogP contribution >= 0.6 is 0 Å². The first-order chi connectivity index (χ1) is 9.15. The number of hydrogen-bond donors (Lipinski definition) is 2. The fourth-order valence-electron chi connectivity index (χ4n) is 2.15. The second-order valence-electron chi connectivity index (χ2n) is 4.75. The number of piperidine rings is 1. The number of carboxylic acid groups (broad SMARTS) is 1. The zero-order valence-corrected chi connectivity index (χ0v) is 10.8. The molecule has 1 aromatic rings. The zero-order valence-electron chi connectivity index (χ0n) is 10.8. The van der Waals surface area contributed by atoms with Gasteiger partial charge in [-0.3, -0.25) is 4.90 Å². The van der Waals surface area contributed by atoms with Crippen molar-refractivity contribution in [3.05, 3.63) is 29.8 Å². The lowest BCUT2D eigenvalue weighted by Gasteiger charge is -2.29. The lowest BCUT2D eigenvalue weighted by Crippen LogP contribution is -2.38. The van der Waals surface area contributed by atoms with Crippen LogP contribution in [-0.4, -0.2) is 53.4 Å². The lowest BCUT2D eigenvalue weighted by molar-refractivity contribution is 0.0696. The van der Waals surface area contributed by atoms with Crippen molar-refractivity contribution in [1.29, 1.82) is 0 Å². The Hall–Kier alpha value is -1.59. The molecule has 2 N–H and O–H groups in total. The summed E-state index contributed by atoms with van der Waals surface area (Å²) < 4.78 is 5.56. The molecule has 0 aliphatic carbocycles. The first-order valence-corrected chi connectivity index (χ1v) is 6.52. The summed E-state index contributed by atoms with van der Waals surface area (Å²) in [6, 6.07) is 6.51. The van der Waals surface area contributed by atoms with Gasteiger partial charge in [-0.2, -0.15) is 0 Å². The van der Waals surface area contributed by atoms with E-state index in [-0.39, 0.29) is 11.7 Å². The summed E-state index contributed by atoms with van der Waals surface area (Å²) in [5, 5.41) is 18.3. The largest absolute Gasteiger partial charge is 0.492 e. The molecule has 0 amide bonds. The van der Waals surface area contributed by atoms with Crippen molar-refractivity contribution in [3.63, 3.8) is 0 Å². The summed E-state index contributed by atoms with van der Waals surface area (Å²) in [5.41, 5.74) is 0.235. The number of aliphatic hydroxyl groups is 1. The van der Waals surface area contributed by atoms with E-state index in [4.69, 9.17) is 9.84 Å². The predicted molar refractivity (Wildman–Crippen MR) is 70.6 cm³/mol. The molecule has 5 nitrogen and oxygen atoms in total. The molecular formula is C14H19NO4. The van der Waals surface area contributed by atoms with Gasteiger partial charge in [0.15, 0.2) is 0 Å². The molecule has 0 radical (unpaired) electrons. The van der Waals surface area contributed by atoms with Crippen molar-refractivity contribution in [2.45, 2.75) is 18.9 Å². The number of likely N-dealkylation sites (tertiary alicyclic amines) is 1. The van der Waals surface area contributed by atoms with Gasteiger partial charge in [0.05, 0.1) is 11.7 Å². The Kier molecular flexibility index (Phi) is 4.76. The molecular weight excluding hydrogens is 246 g/mol. The van der Waals surface area contributed by atoms with Crippen molar-refractivity contribution in [2.24, 2.45) is 0 Å². The Bertz CT molecular complexity index is 427. The monoisotopic (exact) mass is 265 g/mol. The first kappa shape index (κ1) is 13.8. The summed E-state index contributed by atoms with van der Waals surface area (Å²) in [6.45, 7) is 3.10. The van der Waals surface area contributed by atoms with Crippen LogP contribution in [0.15, 0.2) is 24.3 Å². The van der Waals surface area contributed by atoms with E-state index in [1.54, 1.807) is 18.2 Å². The Labute approximate surface area is 112 Å². The van der Waals surface area contributed by atoms with E-state index in [9.17, 15) is 9.90 Å². The number of nitrogens with zero attached hydrogens (tertiary/aromatic N) is 1. The van der Waals surface area contributed by atoms with Gasteiger partial charge in [0, 0.05) is 19.6 Å². The molecule has 5 heteroatoms. The molecule has 0 bridgehead atoms. The number of carboxylic acids is 1. The SMILES string of the molecule is O=C(O)c1cccc(OCCN2CCC(O)CC2)c1. The average molecular weight is 265 g/mol. The highest BCUT2D eigenvalue weighted by Crippen LogP contribution is 2.14. The van der Waals surface area contributed by atoms with Crippen molar-refractivity contribution in [2.75, 3.05) is 26.2 Å². The third kappa shape index (κ3) is 4.22. The van der Waals surface area contributed by atoms with Gasteiger partial charge in [-0.05, 0) is 31.0 Å².